The van der Waals surface area contributed by atoms with E-state index < -0.39 is 5.54 Å². The van der Waals surface area contributed by atoms with Gasteiger partial charge in [0.1, 0.15) is 11.4 Å². The van der Waals surface area contributed by atoms with Gasteiger partial charge in [-0.25, -0.2) is 4.39 Å². The highest BCUT2D eigenvalue weighted by molar-refractivity contribution is 5.97. The van der Waals surface area contributed by atoms with Crippen LogP contribution >= 0.6 is 0 Å². The third kappa shape index (κ3) is 2.75. The van der Waals surface area contributed by atoms with Crippen LogP contribution in [0, 0.1) is 12.7 Å². The van der Waals surface area contributed by atoms with Crippen molar-refractivity contribution in [3.8, 4) is 0 Å². The van der Waals surface area contributed by atoms with Gasteiger partial charge in [-0.1, -0.05) is 6.07 Å². The number of benzene rings is 1. The van der Waals surface area contributed by atoms with Crippen molar-refractivity contribution < 1.29 is 14.0 Å². The number of nitrogens with zero attached hydrogens (tertiary/aromatic N) is 1. The van der Waals surface area contributed by atoms with Gasteiger partial charge in [0.2, 0.25) is 11.8 Å². The first-order valence-corrected chi connectivity index (χ1v) is 6.15. The second-order valence-electron chi connectivity index (χ2n) is 5.41. The third-order valence-corrected chi connectivity index (χ3v) is 3.28. The molecule has 0 bridgehead atoms. The van der Waals surface area contributed by atoms with Crippen molar-refractivity contribution in [1.29, 1.82) is 0 Å². The molecule has 5 heteroatoms. The standard InChI is InChI=1S/C14H17FN2O2/c1-9-4-5-11(15)6-10(9)7-17-8-12(18)16-14(2,3)13(17)19/h4-6H,7-8H2,1-3H3,(H,16,18). The van der Waals surface area contributed by atoms with Gasteiger partial charge in [-0.2, -0.15) is 0 Å². The van der Waals surface area contributed by atoms with Crippen LogP contribution in [0.3, 0.4) is 0 Å². The SMILES string of the molecule is Cc1ccc(F)cc1CN1CC(=O)NC(C)(C)C1=O. The lowest BCUT2D eigenvalue weighted by Gasteiger charge is -2.37. The molecule has 2 rings (SSSR count). The molecular formula is C14H17FN2O2. The molecular weight excluding hydrogens is 247 g/mol. The molecule has 4 nitrogen and oxygen atoms in total. The molecule has 0 aromatic heterocycles. The van der Waals surface area contributed by atoms with Crippen molar-refractivity contribution in [3.63, 3.8) is 0 Å². The zero-order valence-corrected chi connectivity index (χ0v) is 11.3. The highest BCUT2D eigenvalue weighted by Crippen LogP contribution is 2.18. The second kappa shape index (κ2) is 4.64. The van der Waals surface area contributed by atoms with E-state index in [1.54, 1.807) is 19.9 Å². The van der Waals surface area contributed by atoms with E-state index in [-0.39, 0.29) is 30.7 Å². The second-order valence-corrected chi connectivity index (χ2v) is 5.41. The van der Waals surface area contributed by atoms with Crippen LogP contribution in [0.4, 0.5) is 4.39 Å². The van der Waals surface area contributed by atoms with Crippen molar-refractivity contribution in [1.82, 2.24) is 10.2 Å². The minimum absolute atomic E-state index is 0.0121. The predicted octanol–water partition coefficient (Wildman–Crippen LogP) is 1.37. The summed E-state index contributed by atoms with van der Waals surface area (Å²) in [5.74, 6) is -0.691. The third-order valence-electron chi connectivity index (χ3n) is 3.28. The maximum absolute atomic E-state index is 13.2. The number of carbonyl (C=O) groups excluding carboxylic acids is 2. The molecule has 0 unspecified atom stereocenters. The van der Waals surface area contributed by atoms with Gasteiger partial charge >= 0.3 is 0 Å². The highest BCUT2D eigenvalue weighted by Gasteiger charge is 2.38. The smallest absolute Gasteiger partial charge is 0.248 e. The summed E-state index contributed by atoms with van der Waals surface area (Å²) in [6, 6.07) is 4.46. The molecule has 0 spiro atoms. The summed E-state index contributed by atoms with van der Waals surface area (Å²) in [6.07, 6.45) is 0. The first-order valence-electron chi connectivity index (χ1n) is 6.15. The van der Waals surface area contributed by atoms with Crippen molar-refractivity contribution in [3.05, 3.63) is 35.1 Å². The predicted molar refractivity (Wildman–Crippen MR) is 68.8 cm³/mol. The van der Waals surface area contributed by atoms with Crippen LogP contribution in [-0.2, 0) is 16.1 Å². The molecule has 1 aliphatic rings. The van der Waals surface area contributed by atoms with Gasteiger partial charge in [0.15, 0.2) is 0 Å². The number of hydrogen-bond acceptors (Lipinski definition) is 2. The summed E-state index contributed by atoms with van der Waals surface area (Å²) >= 11 is 0. The summed E-state index contributed by atoms with van der Waals surface area (Å²) in [7, 11) is 0. The zero-order chi connectivity index (χ0) is 14.2. The quantitative estimate of drug-likeness (QED) is 0.877. The molecule has 1 aromatic rings. The van der Waals surface area contributed by atoms with E-state index in [2.05, 4.69) is 5.32 Å². The molecule has 102 valence electrons. The molecule has 1 heterocycles. The van der Waals surface area contributed by atoms with E-state index in [0.717, 1.165) is 11.1 Å². The van der Waals surface area contributed by atoms with Gasteiger partial charge in [0.05, 0.1) is 6.54 Å². The van der Waals surface area contributed by atoms with Gasteiger partial charge in [-0.05, 0) is 44.0 Å². The van der Waals surface area contributed by atoms with Crippen LogP contribution in [0.15, 0.2) is 18.2 Å². The lowest BCUT2D eigenvalue weighted by atomic mass is 9.99. The number of halogens is 1. The van der Waals surface area contributed by atoms with E-state index in [1.807, 2.05) is 6.92 Å². The molecule has 1 fully saturated rings. The van der Waals surface area contributed by atoms with E-state index in [4.69, 9.17) is 0 Å². The van der Waals surface area contributed by atoms with Crippen LogP contribution in [0.25, 0.3) is 0 Å². The molecule has 2 amide bonds. The number of hydrogen-bond donors (Lipinski definition) is 1. The Hall–Kier alpha value is -1.91. The normalized spacial score (nSPS) is 18.4. The van der Waals surface area contributed by atoms with Crippen LogP contribution in [0.2, 0.25) is 0 Å². The van der Waals surface area contributed by atoms with Crippen LogP contribution in [-0.4, -0.2) is 28.8 Å². The van der Waals surface area contributed by atoms with Gasteiger partial charge in [0.25, 0.3) is 0 Å². The Labute approximate surface area is 111 Å². The Morgan fingerprint density at radius 1 is 1.37 bits per heavy atom. The number of carbonyl (C=O) groups is 2. The van der Waals surface area contributed by atoms with Gasteiger partial charge in [-0.3, -0.25) is 9.59 Å². The van der Waals surface area contributed by atoms with Crippen LogP contribution < -0.4 is 5.32 Å². The molecule has 19 heavy (non-hydrogen) atoms. The summed E-state index contributed by atoms with van der Waals surface area (Å²) < 4.78 is 13.2. The number of aryl methyl sites for hydroxylation is 1. The number of piperazine rings is 1. The molecule has 1 saturated heterocycles. The minimum Gasteiger partial charge on any atom is -0.341 e. The van der Waals surface area contributed by atoms with E-state index in [0.29, 0.717) is 0 Å². The average Bonchev–Trinajstić information content (AvgIpc) is 2.29. The van der Waals surface area contributed by atoms with Crippen molar-refractivity contribution in [2.45, 2.75) is 32.9 Å². The first kappa shape index (κ1) is 13.5. The lowest BCUT2D eigenvalue weighted by Crippen LogP contribution is -2.63. The Bertz CT molecular complexity index is 540. The molecule has 1 N–H and O–H groups in total. The summed E-state index contributed by atoms with van der Waals surface area (Å²) in [4.78, 5) is 25.3. The van der Waals surface area contributed by atoms with Gasteiger partial charge in [-0.15, -0.1) is 0 Å². The zero-order valence-electron chi connectivity index (χ0n) is 11.3. The topological polar surface area (TPSA) is 49.4 Å². The fraction of sp³-hybridized carbons (Fsp3) is 0.429. The number of amides is 2. The van der Waals surface area contributed by atoms with Crippen LogP contribution in [0.1, 0.15) is 25.0 Å². The number of rotatable bonds is 2. The maximum Gasteiger partial charge on any atom is 0.248 e. The summed E-state index contributed by atoms with van der Waals surface area (Å²) in [6.45, 7) is 5.45. The van der Waals surface area contributed by atoms with Gasteiger partial charge in [0, 0.05) is 6.54 Å². The summed E-state index contributed by atoms with van der Waals surface area (Å²) in [5, 5.41) is 2.64. The molecule has 0 saturated carbocycles. The van der Waals surface area contributed by atoms with E-state index in [1.165, 1.54) is 17.0 Å². The Morgan fingerprint density at radius 2 is 2.05 bits per heavy atom. The minimum atomic E-state index is -0.906. The fourth-order valence-corrected chi connectivity index (χ4v) is 2.23. The Balaban J connectivity index is 2.24. The Kier molecular flexibility index (Phi) is 3.30. The van der Waals surface area contributed by atoms with E-state index in [9.17, 15) is 14.0 Å². The van der Waals surface area contributed by atoms with Crippen molar-refractivity contribution >= 4 is 11.8 Å². The largest absolute Gasteiger partial charge is 0.341 e. The molecule has 0 radical (unpaired) electrons. The molecule has 0 aliphatic carbocycles. The average molecular weight is 264 g/mol. The van der Waals surface area contributed by atoms with Crippen molar-refractivity contribution in [2.24, 2.45) is 0 Å². The van der Waals surface area contributed by atoms with Crippen LogP contribution in [0.5, 0.6) is 0 Å². The monoisotopic (exact) mass is 264 g/mol. The van der Waals surface area contributed by atoms with Crippen molar-refractivity contribution in [2.75, 3.05) is 6.54 Å². The lowest BCUT2D eigenvalue weighted by molar-refractivity contribution is -0.148. The highest BCUT2D eigenvalue weighted by atomic mass is 19.1. The summed E-state index contributed by atoms with van der Waals surface area (Å²) in [5.41, 5.74) is 0.716. The first-order chi connectivity index (χ1) is 8.79. The molecule has 0 atom stereocenters. The van der Waals surface area contributed by atoms with Gasteiger partial charge < -0.3 is 10.2 Å². The van der Waals surface area contributed by atoms with E-state index >= 15 is 0 Å². The number of nitrogens with one attached hydrogen (secondary N) is 1. The molecule has 1 aromatic carbocycles. The fourth-order valence-electron chi connectivity index (χ4n) is 2.23. The maximum atomic E-state index is 13.2. The molecule has 1 aliphatic heterocycles. The Morgan fingerprint density at radius 3 is 2.74 bits per heavy atom.